The number of halogens is 3. The number of hydrogen-bond donors (Lipinski definition) is 0. The molecule has 0 amide bonds. The minimum absolute atomic E-state index is 0.0686. The summed E-state index contributed by atoms with van der Waals surface area (Å²) in [7, 11) is 2.40. The van der Waals surface area contributed by atoms with Gasteiger partial charge in [0.15, 0.2) is 5.75 Å². The lowest BCUT2D eigenvalue weighted by Gasteiger charge is -2.12. The molecule has 1 heterocycles. The smallest absolute Gasteiger partial charge is 0.311 e. The SMILES string of the molecule is COC(=O)Cc1ncc(Cl)c(C(F)F)c1OC. The fraction of sp³-hybridized carbons (Fsp3) is 0.400. The van der Waals surface area contributed by atoms with Crippen molar-refractivity contribution in [3.8, 4) is 5.75 Å². The summed E-state index contributed by atoms with van der Waals surface area (Å²) >= 11 is 5.61. The molecule has 94 valence electrons. The van der Waals surface area contributed by atoms with E-state index in [4.69, 9.17) is 16.3 Å². The lowest BCUT2D eigenvalue weighted by atomic mass is 10.1. The molecule has 0 saturated heterocycles. The monoisotopic (exact) mass is 265 g/mol. The number of carbonyl (C=O) groups excluding carboxylic acids is 1. The van der Waals surface area contributed by atoms with Gasteiger partial charge >= 0.3 is 5.97 Å². The van der Waals surface area contributed by atoms with Crippen molar-refractivity contribution in [3.05, 3.63) is 22.5 Å². The quantitative estimate of drug-likeness (QED) is 0.785. The third kappa shape index (κ3) is 3.03. The Hall–Kier alpha value is -1.43. The normalized spacial score (nSPS) is 10.5. The Morgan fingerprint density at radius 1 is 1.53 bits per heavy atom. The van der Waals surface area contributed by atoms with Crippen molar-refractivity contribution in [3.63, 3.8) is 0 Å². The number of hydrogen-bond acceptors (Lipinski definition) is 4. The molecule has 0 atom stereocenters. The topological polar surface area (TPSA) is 48.4 Å². The number of rotatable bonds is 4. The third-order valence-electron chi connectivity index (χ3n) is 2.06. The molecule has 0 aromatic carbocycles. The van der Waals surface area contributed by atoms with Crippen LogP contribution >= 0.6 is 11.6 Å². The van der Waals surface area contributed by atoms with E-state index in [0.717, 1.165) is 6.20 Å². The van der Waals surface area contributed by atoms with Crippen LogP contribution in [0.1, 0.15) is 17.7 Å². The van der Waals surface area contributed by atoms with Crippen molar-refractivity contribution in [2.45, 2.75) is 12.8 Å². The average Bonchev–Trinajstić information content (AvgIpc) is 2.30. The Balaban J connectivity index is 3.23. The van der Waals surface area contributed by atoms with E-state index in [-0.39, 0.29) is 22.9 Å². The molecule has 4 nitrogen and oxygen atoms in total. The number of nitrogens with zero attached hydrogens (tertiary/aromatic N) is 1. The van der Waals surface area contributed by atoms with Gasteiger partial charge in [0, 0.05) is 6.20 Å². The fourth-order valence-corrected chi connectivity index (χ4v) is 1.51. The molecule has 0 aliphatic carbocycles. The molecule has 1 rings (SSSR count). The van der Waals surface area contributed by atoms with Crippen molar-refractivity contribution in [1.29, 1.82) is 0 Å². The highest BCUT2D eigenvalue weighted by atomic mass is 35.5. The van der Waals surface area contributed by atoms with E-state index >= 15 is 0 Å². The molecular weight excluding hydrogens is 256 g/mol. The molecule has 1 aromatic rings. The highest BCUT2D eigenvalue weighted by molar-refractivity contribution is 6.31. The lowest BCUT2D eigenvalue weighted by Crippen LogP contribution is -2.09. The first-order valence-corrected chi connectivity index (χ1v) is 4.95. The largest absolute Gasteiger partial charge is 0.494 e. The van der Waals surface area contributed by atoms with Crippen molar-refractivity contribution in [2.75, 3.05) is 14.2 Å². The van der Waals surface area contributed by atoms with Crippen molar-refractivity contribution < 1.29 is 23.0 Å². The maximum absolute atomic E-state index is 12.8. The van der Waals surface area contributed by atoms with Crippen LogP contribution in [0.5, 0.6) is 5.75 Å². The van der Waals surface area contributed by atoms with Gasteiger partial charge in [-0.25, -0.2) is 8.78 Å². The van der Waals surface area contributed by atoms with Crippen LogP contribution in [-0.4, -0.2) is 25.2 Å². The van der Waals surface area contributed by atoms with E-state index in [1.54, 1.807) is 0 Å². The van der Waals surface area contributed by atoms with Crippen LogP contribution in [0.2, 0.25) is 5.02 Å². The summed E-state index contributed by atoms with van der Waals surface area (Å²) in [5, 5.41) is -0.203. The predicted octanol–water partition coefficient (Wildman–Crippen LogP) is 2.40. The molecule has 0 spiro atoms. The summed E-state index contributed by atoms with van der Waals surface area (Å²) in [6.07, 6.45) is -2.00. The molecule has 0 saturated carbocycles. The van der Waals surface area contributed by atoms with Crippen LogP contribution in [0.4, 0.5) is 8.78 Å². The highest BCUT2D eigenvalue weighted by Gasteiger charge is 2.23. The molecule has 0 fully saturated rings. The zero-order chi connectivity index (χ0) is 13.0. The minimum atomic E-state index is -2.81. The van der Waals surface area contributed by atoms with Gasteiger partial charge in [0.2, 0.25) is 0 Å². The first kappa shape index (κ1) is 13.6. The first-order chi connectivity index (χ1) is 8.01. The van der Waals surface area contributed by atoms with E-state index in [2.05, 4.69) is 9.72 Å². The lowest BCUT2D eigenvalue weighted by molar-refractivity contribution is -0.139. The maximum Gasteiger partial charge on any atom is 0.311 e. The second-order valence-corrected chi connectivity index (χ2v) is 3.46. The molecule has 1 aromatic heterocycles. The standard InChI is InChI=1S/C10H10ClF2NO3/c1-16-7(15)3-6-9(17-2)8(10(12)13)5(11)4-14-6/h4,10H,3H2,1-2H3. The number of esters is 1. The van der Waals surface area contributed by atoms with Gasteiger partial charge in [0.25, 0.3) is 6.43 Å². The number of methoxy groups -OCH3 is 2. The van der Waals surface area contributed by atoms with Crippen molar-refractivity contribution in [1.82, 2.24) is 4.98 Å². The summed E-state index contributed by atoms with van der Waals surface area (Å²) in [4.78, 5) is 14.9. The molecule has 0 aliphatic heterocycles. The second-order valence-electron chi connectivity index (χ2n) is 3.05. The second kappa shape index (κ2) is 5.77. The van der Waals surface area contributed by atoms with Crippen LogP contribution in [-0.2, 0) is 16.0 Å². The Bertz CT molecular complexity index is 426. The molecule has 0 N–H and O–H groups in total. The number of carbonyl (C=O) groups is 1. The molecule has 0 bridgehead atoms. The van der Waals surface area contributed by atoms with E-state index in [1.165, 1.54) is 14.2 Å². The van der Waals surface area contributed by atoms with Gasteiger partial charge in [-0.1, -0.05) is 11.6 Å². The van der Waals surface area contributed by atoms with Gasteiger partial charge in [-0.3, -0.25) is 9.78 Å². The van der Waals surface area contributed by atoms with E-state index in [0.29, 0.717) is 0 Å². The zero-order valence-corrected chi connectivity index (χ0v) is 9.92. The summed E-state index contributed by atoms with van der Waals surface area (Å²) in [6.45, 7) is 0. The molecule has 0 radical (unpaired) electrons. The van der Waals surface area contributed by atoms with Gasteiger partial charge in [-0.05, 0) is 0 Å². The molecule has 0 aliphatic rings. The molecular formula is C10H10ClF2NO3. The fourth-order valence-electron chi connectivity index (χ4n) is 1.29. The van der Waals surface area contributed by atoms with E-state index in [1.807, 2.05) is 0 Å². The van der Waals surface area contributed by atoms with E-state index in [9.17, 15) is 13.6 Å². The van der Waals surface area contributed by atoms with Crippen LogP contribution in [0.25, 0.3) is 0 Å². The summed E-state index contributed by atoms with van der Waals surface area (Å²) in [5.41, 5.74) is -0.401. The van der Waals surface area contributed by atoms with Gasteiger partial charge < -0.3 is 9.47 Å². The summed E-state index contributed by atoms with van der Waals surface area (Å²) in [5.74, 6) is -0.781. The Kier molecular flexibility index (Phi) is 4.62. The van der Waals surface area contributed by atoms with Gasteiger partial charge in [-0.2, -0.15) is 0 Å². The van der Waals surface area contributed by atoms with Crippen molar-refractivity contribution >= 4 is 17.6 Å². The Labute approximate surface area is 101 Å². The number of aromatic nitrogens is 1. The molecule has 0 unspecified atom stereocenters. The number of pyridine rings is 1. The molecule has 7 heteroatoms. The van der Waals surface area contributed by atoms with Crippen LogP contribution in [0.3, 0.4) is 0 Å². The minimum Gasteiger partial charge on any atom is -0.494 e. The van der Waals surface area contributed by atoms with Gasteiger partial charge in [0.05, 0.1) is 36.9 Å². The maximum atomic E-state index is 12.8. The van der Waals surface area contributed by atoms with Crippen LogP contribution < -0.4 is 4.74 Å². The highest BCUT2D eigenvalue weighted by Crippen LogP contribution is 2.36. The predicted molar refractivity (Wildman–Crippen MR) is 56.5 cm³/mol. The zero-order valence-electron chi connectivity index (χ0n) is 9.17. The Morgan fingerprint density at radius 2 is 2.18 bits per heavy atom. The number of ether oxygens (including phenoxy) is 2. The van der Waals surface area contributed by atoms with Gasteiger partial charge in [-0.15, -0.1) is 0 Å². The van der Waals surface area contributed by atoms with Crippen molar-refractivity contribution in [2.24, 2.45) is 0 Å². The van der Waals surface area contributed by atoms with Crippen LogP contribution in [0.15, 0.2) is 6.20 Å². The first-order valence-electron chi connectivity index (χ1n) is 4.57. The van der Waals surface area contributed by atoms with Gasteiger partial charge in [0.1, 0.15) is 0 Å². The Morgan fingerprint density at radius 3 is 2.65 bits per heavy atom. The average molecular weight is 266 g/mol. The summed E-state index contributed by atoms with van der Waals surface area (Å²) < 4.78 is 34.8. The number of alkyl halides is 2. The van der Waals surface area contributed by atoms with E-state index < -0.39 is 18.0 Å². The van der Waals surface area contributed by atoms with Crippen LogP contribution in [0, 0.1) is 0 Å². The molecule has 17 heavy (non-hydrogen) atoms. The third-order valence-corrected chi connectivity index (χ3v) is 2.36. The summed E-state index contributed by atoms with van der Waals surface area (Å²) in [6, 6.07) is 0.